The molecule has 0 saturated carbocycles. The van der Waals surface area contributed by atoms with Gasteiger partial charge in [-0.05, 0) is 38.5 Å². The SMILES string of the molecule is COc1ccc(C(C)(C)CNC(=O)[C@H](CNC(=O)OC(C)(C)C)OC)cc1. The van der Waals surface area contributed by atoms with Gasteiger partial charge in [-0.15, -0.1) is 0 Å². The van der Waals surface area contributed by atoms with Gasteiger partial charge in [0.25, 0.3) is 5.91 Å². The molecule has 0 aromatic heterocycles. The fourth-order valence-electron chi connectivity index (χ4n) is 2.34. The summed E-state index contributed by atoms with van der Waals surface area (Å²) in [4.78, 5) is 24.1. The Hall–Kier alpha value is -2.28. The molecule has 0 unspecified atom stereocenters. The molecule has 0 fully saturated rings. The summed E-state index contributed by atoms with van der Waals surface area (Å²) in [5.41, 5.74) is 0.195. The van der Waals surface area contributed by atoms with Crippen molar-refractivity contribution < 1.29 is 23.8 Å². The molecule has 1 aromatic carbocycles. The quantitative estimate of drug-likeness (QED) is 0.724. The summed E-state index contributed by atoms with van der Waals surface area (Å²) >= 11 is 0. The zero-order chi connectivity index (χ0) is 20.7. The molecule has 0 aliphatic rings. The van der Waals surface area contributed by atoms with E-state index in [1.54, 1.807) is 27.9 Å². The summed E-state index contributed by atoms with van der Waals surface area (Å²) in [7, 11) is 3.05. The van der Waals surface area contributed by atoms with Gasteiger partial charge in [0.2, 0.25) is 0 Å². The van der Waals surface area contributed by atoms with Gasteiger partial charge in [0.15, 0.2) is 6.10 Å². The van der Waals surface area contributed by atoms with Crippen molar-refractivity contribution in [1.29, 1.82) is 0 Å². The molecular weight excluding hydrogens is 348 g/mol. The van der Waals surface area contributed by atoms with E-state index in [2.05, 4.69) is 10.6 Å². The van der Waals surface area contributed by atoms with E-state index in [9.17, 15) is 9.59 Å². The van der Waals surface area contributed by atoms with Crippen molar-refractivity contribution in [1.82, 2.24) is 10.6 Å². The Balaban J connectivity index is 2.57. The number of methoxy groups -OCH3 is 2. The van der Waals surface area contributed by atoms with Crippen LogP contribution in [0.15, 0.2) is 24.3 Å². The van der Waals surface area contributed by atoms with Crippen molar-refractivity contribution in [3.8, 4) is 5.75 Å². The molecule has 152 valence electrons. The number of rotatable bonds is 8. The van der Waals surface area contributed by atoms with Crippen LogP contribution < -0.4 is 15.4 Å². The Kier molecular flexibility index (Phi) is 8.09. The van der Waals surface area contributed by atoms with Gasteiger partial charge in [0.05, 0.1) is 13.7 Å². The topological polar surface area (TPSA) is 85.9 Å². The minimum absolute atomic E-state index is 0.0280. The second-order valence-electron chi connectivity index (χ2n) is 7.94. The number of ether oxygens (including phenoxy) is 3. The standard InChI is InChI=1S/C20H32N2O5/c1-19(2,3)27-18(24)21-12-16(26-7)17(23)22-13-20(4,5)14-8-10-15(25-6)11-9-14/h8-11,16H,12-13H2,1-7H3,(H,21,24)(H,22,23)/t16-/m0/s1. The lowest BCUT2D eigenvalue weighted by Crippen LogP contribution is -2.47. The van der Waals surface area contributed by atoms with E-state index in [0.717, 1.165) is 11.3 Å². The zero-order valence-corrected chi connectivity index (χ0v) is 17.3. The molecule has 0 heterocycles. The molecule has 2 amide bonds. The van der Waals surface area contributed by atoms with Crippen molar-refractivity contribution in [2.45, 2.75) is 51.7 Å². The fourth-order valence-corrected chi connectivity index (χ4v) is 2.34. The largest absolute Gasteiger partial charge is 0.497 e. The Morgan fingerprint density at radius 2 is 1.59 bits per heavy atom. The highest BCUT2D eigenvalue weighted by molar-refractivity contribution is 5.81. The molecule has 1 atom stereocenters. The second kappa shape index (κ2) is 9.60. The van der Waals surface area contributed by atoms with E-state index in [1.165, 1.54) is 7.11 Å². The molecule has 0 bridgehead atoms. The van der Waals surface area contributed by atoms with E-state index >= 15 is 0 Å². The molecular formula is C20H32N2O5. The molecule has 0 aliphatic carbocycles. The lowest BCUT2D eigenvalue weighted by Gasteiger charge is -2.27. The van der Waals surface area contributed by atoms with Gasteiger partial charge >= 0.3 is 6.09 Å². The van der Waals surface area contributed by atoms with Crippen LogP contribution in [-0.4, -0.2) is 51.0 Å². The first-order valence-electron chi connectivity index (χ1n) is 8.90. The molecule has 0 saturated heterocycles. The molecule has 27 heavy (non-hydrogen) atoms. The average molecular weight is 380 g/mol. The highest BCUT2D eigenvalue weighted by Crippen LogP contribution is 2.24. The molecule has 1 rings (SSSR count). The zero-order valence-electron chi connectivity index (χ0n) is 17.3. The normalized spacial score (nSPS) is 12.9. The number of benzene rings is 1. The van der Waals surface area contributed by atoms with E-state index < -0.39 is 17.8 Å². The third-order valence-electron chi connectivity index (χ3n) is 3.98. The molecule has 0 spiro atoms. The number of hydrogen-bond acceptors (Lipinski definition) is 5. The Labute approximate surface area is 161 Å². The van der Waals surface area contributed by atoms with E-state index in [4.69, 9.17) is 14.2 Å². The predicted molar refractivity (Wildman–Crippen MR) is 104 cm³/mol. The summed E-state index contributed by atoms with van der Waals surface area (Å²) in [6.07, 6.45) is -1.39. The van der Waals surface area contributed by atoms with Crippen LogP contribution in [0.2, 0.25) is 0 Å². The molecule has 7 heteroatoms. The maximum Gasteiger partial charge on any atom is 0.407 e. The van der Waals surface area contributed by atoms with Crippen LogP contribution in [0, 0.1) is 0 Å². The highest BCUT2D eigenvalue weighted by atomic mass is 16.6. The first kappa shape index (κ1) is 22.8. The van der Waals surface area contributed by atoms with Gasteiger partial charge in [-0.25, -0.2) is 4.79 Å². The summed E-state index contributed by atoms with van der Waals surface area (Å²) < 4.78 is 15.5. The average Bonchev–Trinajstić information content (AvgIpc) is 2.59. The highest BCUT2D eigenvalue weighted by Gasteiger charge is 2.25. The first-order chi connectivity index (χ1) is 12.5. The van der Waals surface area contributed by atoms with Gasteiger partial charge < -0.3 is 24.8 Å². The maximum absolute atomic E-state index is 12.4. The minimum Gasteiger partial charge on any atom is -0.497 e. The van der Waals surface area contributed by atoms with Gasteiger partial charge in [-0.3, -0.25) is 4.79 Å². The predicted octanol–water partition coefficient (Wildman–Crippen LogP) is 2.63. The first-order valence-corrected chi connectivity index (χ1v) is 8.90. The Morgan fingerprint density at radius 1 is 1.00 bits per heavy atom. The van der Waals surface area contributed by atoms with Crippen LogP contribution in [0.1, 0.15) is 40.2 Å². The van der Waals surface area contributed by atoms with E-state index in [0.29, 0.717) is 6.54 Å². The van der Waals surface area contributed by atoms with Gasteiger partial charge in [-0.1, -0.05) is 26.0 Å². The summed E-state index contributed by atoms with van der Waals surface area (Å²) in [5.74, 6) is 0.487. The van der Waals surface area contributed by atoms with Crippen molar-refractivity contribution in [2.75, 3.05) is 27.3 Å². The van der Waals surface area contributed by atoms with Crippen LogP contribution in [0.3, 0.4) is 0 Å². The maximum atomic E-state index is 12.4. The number of hydrogen-bond donors (Lipinski definition) is 2. The van der Waals surface area contributed by atoms with Crippen LogP contribution in [0.5, 0.6) is 5.75 Å². The van der Waals surface area contributed by atoms with Crippen LogP contribution in [0.25, 0.3) is 0 Å². The molecule has 2 N–H and O–H groups in total. The molecule has 7 nitrogen and oxygen atoms in total. The Morgan fingerprint density at radius 3 is 2.07 bits per heavy atom. The molecule has 0 radical (unpaired) electrons. The second-order valence-corrected chi connectivity index (χ2v) is 7.94. The summed E-state index contributed by atoms with van der Waals surface area (Å²) in [6, 6.07) is 7.73. The van der Waals surface area contributed by atoms with Gasteiger partial charge in [0.1, 0.15) is 11.4 Å². The molecule has 0 aliphatic heterocycles. The third kappa shape index (κ3) is 7.86. The van der Waals surface area contributed by atoms with Crippen molar-refractivity contribution >= 4 is 12.0 Å². The number of carbonyl (C=O) groups excluding carboxylic acids is 2. The van der Waals surface area contributed by atoms with Gasteiger partial charge in [-0.2, -0.15) is 0 Å². The van der Waals surface area contributed by atoms with Crippen molar-refractivity contribution in [2.24, 2.45) is 0 Å². The summed E-state index contributed by atoms with van der Waals surface area (Å²) in [6.45, 7) is 9.84. The number of carbonyl (C=O) groups is 2. The molecule has 1 aromatic rings. The van der Waals surface area contributed by atoms with E-state index in [-0.39, 0.29) is 17.9 Å². The van der Waals surface area contributed by atoms with Crippen LogP contribution >= 0.6 is 0 Å². The minimum atomic E-state index is -0.802. The van der Waals surface area contributed by atoms with Crippen LogP contribution in [-0.2, 0) is 19.7 Å². The van der Waals surface area contributed by atoms with Crippen molar-refractivity contribution in [3.05, 3.63) is 29.8 Å². The monoisotopic (exact) mass is 380 g/mol. The Bertz CT molecular complexity index is 620. The third-order valence-corrected chi connectivity index (χ3v) is 3.98. The number of amides is 2. The lowest BCUT2D eigenvalue weighted by molar-refractivity contribution is -0.130. The smallest absolute Gasteiger partial charge is 0.407 e. The van der Waals surface area contributed by atoms with Gasteiger partial charge in [0, 0.05) is 19.1 Å². The number of alkyl carbamates (subject to hydrolysis) is 1. The summed E-state index contributed by atoms with van der Waals surface area (Å²) in [5, 5.41) is 5.44. The fraction of sp³-hybridized carbons (Fsp3) is 0.600. The number of nitrogens with one attached hydrogen (secondary N) is 2. The van der Waals surface area contributed by atoms with Crippen molar-refractivity contribution in [3.63, 3.8) is 0 Å². The van der Waals surface area contributed by atoms with E-state index in [1.807, 2.05) is 38.1 Å². The lowest BCUT2D eigenvalue weighted by atomic mass is 9.84. The van der Waals surface area contributed by atoms with Crippen LogP contribution in [0.4, 0.5) is 4.79 Å².